The van der Waals surface area contributed by atoms with Crippen molar-refractivity contribution >= 4 is 5.97 Å². The fraction of sp³-hybridized carbons (Fsp3) is 0.708. The number of benzene rings is 1. The number of ether oxygens (including phenoxy) is 2. The summed E-state index contributed by atoms with van der Waals surface area (Å²) >= 11 is 0. The Kier molecular flexibility index (Phi) is 9.31. The zero-order valence-electron chi connectivity index (χ0n) is 17.2. The van der Waals surface area contributed by atoms with Crippen molar-refractivity contribution in [2.75, 3.05) is 19.7 Å². The summed E-state index contributed by atoms with van der Waals surface area (Å²) in [5, 5.41) is 3.12. The van der Waals surface area contributed by atoms with E-state index in [0.29, 0.717) is 25.9 Å². The number of hydrogen-bond donors (Lipinski definition) is 1. The van der Waals surface area contributed by atoms with Crippen LogP contribution in [-0.4, -0.2) is 31.8 Å². The van der Waals surface area contributed by atoms with Gasteiger partial charge in [-0.2, -0.15) is 0 Å². The average molecular weight is 388 g/mol. The van der Waals surface area contributed by atoms with Crippen LogP contribution in [0.1, 0.15) is 69.8 Å². The Labute approximate surface area is 170 Å². The summed E-state index contributed by atoms with van der Waals surface area (Å²) < 4.78 is 11.3. The number of hydrogen-bond acceptors (Lipinski definition) is 4. The van der Waals surface area contributed by atoms with Gasteiger partial charge in [-0.15, -0.1) is 0 Å². The van der Waals surface area contributed by atoms with Crippen LogP contribution in [0.15, 0.2) is 30.3 Å². The summed E-state index contributed by atoms with van der Waals surface area (Å²) in [7, 11) is 0. The van der Waals surface area contributed by atoms with E-state index in [2.05, 4.69) is 5.32 Å². The Morgan fingerprint density at radius 3 is 2.39 bits per heavy atom. The molecule has 3 rings (SSSR count). The third kappa shape index (κ3) is 7.92. The highest BCUT2D eigenvalue weighted by molar-refractivity contribution is 5.71. The smallest absolute Gasteiger partial charge is 0.320 e. The predicted molar refractivity (Wildman–Crippen MR) is 112 cm³/mol. The van der Waals surface area contributed by atoms with Crippen LogP contribution in [0.5, 0.6) is 0 Å². The fourth-order valence-corrected chi connectivity index (χ4v) is 4.71. The standard InChI is InChI=1S/C24H37NO3/c26-24(28-19-22-9-5-2-6-10-22)18-25-15-16-27-23-13-11-21(12-14-23)17-20-7-3-1-4-8-20/h2,5-6,9-10,20-21,23,25H,1,3-4,7-8,11-19H2. The highest BCUT2D eigenvalue weighted by Crippen LogP contribution is 2.35. The maximum absolute atomic E-state index is 11.8. The molecule has 0 spiro atoms. The van der Waals surface area contributed by atoms with Crippen LogP contribution in [0.4, 0.5) is 0 Å². The summed E-state index contributed by atoms with van der Waals surface area (Å²) in [4.78, 5) is 11.8. The topological polar surface area (TPSA) is 47.6 Å². The second-order valence-electron chi connectivity index (χ2n) is 8.58. The fourth-order valence-electron chi connectivity index (χ4n) is 4.71. The molecule has 0 bridgehead atoms. The molecular weight excluding hydrogens is 350 g/mol. The third-order valence-electron chi connectivity index (χ3n) is 6.33. The van der Waals surface area contributed by atoms with Gasteiger partial charge in [-0.05, 0) is 49.5 Å². The van der Waals surface area contributed by atoms with Crippen LogP contribution in [0.2, 0.25) is 0 Å². The number of carbonyl (C=O) groups is 1. The maximum atomic E-state index is 11.8. The van der Waals surface area contributed by atoms with Gasteiger partial charge in [-0.3, -0.25) is 4.79 Å². The van der Waals surface area contributed by atoms with E-state index < -0.39 is 0 Å². The van der Waals surface area contributed by atoms with Gasteiger partial charge < -0.3 is 14.8 Å². The molecule has 2 aliphatic rings. The molecule has 1 aromatic carbocycles. The molecule has 1 aromatic rings. The largest absolute Gasteiger partial charge is 0.460 e. The van der Waals surface area contributed by atoms with E-state index in [4.69, 9.17) is 9.47 Å². The minimum Gasteiger partial charge on any atom is -0.460 e. The zero-order valence-corrected chi connectivity index (χ0v) is 17.2. The van der Waals surface area contributed by atoms with Crippen LogP contribution in [0.25, 0.3) is 0 Å². The molecule has 0 saturated heterocycles. The van der Waals surface area contributed by atoms with Crippen LogP contribution in [0.3, 0.4) is 0 Å². The van der Waals surface area contributed by atoms with E-state index in [1.807, 2.05) is 30.3 Å². The van der Waals surface area contributed by atoms with Crippen molar-refractivity contribution in [1.82, 2.24) is 5.32 Å². The molecule has 0 atom stereocenters. The van der Waals surface area contributed by atoms with E-state index in [1.165, 1.54) is 64.2 Å². The molecule has 2 aliphatic carbocycles. The van der Waals surface area contributed by atoms with E-state index in [9.17, 15) is 4.79 Å². The lowest BCUT2D eigenvalue weighted by Gasteiger charge is -2.32. The number of esters is 1. The minimum absolute atomic E-state index is 0.216. The first-order chi connectivity index (χ1) is 13.8. The molecule has 0 aliphatic heterocycles. The molecule has 156 valence electrons. The van der Waals surface area contributed by atoms with Crippen LogP contribution >= 0.6 is 0 Å². The van der Waals surface area contributed by atoms with Crippen molar-refractivity contribution in [2.24, 2.45) is 11.8 Å². The molecule has 0 heterocycles. The van der Waals surface area contributed by atoms with Gasteiger partial charge in [0.05, 0.1) is 19.3 Å². The molecule has 0 radical (unpaired) electrons. The predicted octanol–water partition coefficient (Wildman–Crippen LogP) is 4.87. The summed E-state index contributed by atoms with van der Waals surface area (Å²) in [5.74, 6) is 1.72. The Balaban J connectivity index is 1.17. The van der Waals surface area contributed by atoms with Gasteiger partial charge in [-0.25, -0.2) is 0 Å². The van der Waals surface area contributed by atoms with Crippen LogP contribution in [-0.2, 0) is 20.9 Å². The van der Waals surface area contributed by atoms with Crippen molar-refractivity contribution in [1.29, 1.82) is 0 Å². The highest BCUT2D eigenvalue weighted by atomic mass is 16.5. The van der Waals surface area contributed by atoms with Gasteiger partial charge >= 0.3 is 5.97 Å². The van der Waals surface area contributed by atoms with Gasteiger partial charge in [0.15, 0.2) is 0 Å². The first kappa shape index (κ1) is 21.3. The quantitative estimate of drug-likeness (QED) is 0.460. The molecule has 1 N–H and O–H groups in total. The zero-order chi connectivity index (χ0) is 19.4. The average Bonchev–Trinajstić information content (AvgIpc) is 2.75. The summed E-state index contributed by atoms with van der Waals surface area (Å²) in [6.07, 6.45) is 14.2. The van der Waals surface area contributed by atoms with Gasteiger partial charge in [0.25, 0.3) is 0 Å². The van der Waals surface area contributed by atoms with E-state index in [0.717, 1.165) is 17.4 Å². The second-order valence-corrected chi connectivity index (χ2v) is 8.58. The summed E-state index contributed by atoms with van der Waals surface area (Å²) in [5.41, 5.74) is 1.01. The van der Waals surface area contributed by atoms with Gasteiger partial charge in [0.2, 0.25) is 0 Å². The Hall–Kier alpha value is -1.39. The SMILES string of the molecule is O=C(CNCCOC1CCC(CC2CCCCC2)CC1)OCc1ccccc1. The lowest BCUT2D eigenvalue weighted by Crippen LogP contribution is -2.30. The van der Waals surface area contributed by atoms with E-state index in [-0.39, 0.29) is 12.5 Å². The summed E-state index contributed by atoms with van der Waals surface area (Å²) in [6, 6.07) is 9.76. The molecule has 28 heavy (non-hydrogen) atoms. The number of carbonyl (C=O) groups excluding carboxylic acids is 1. The van der Waals surface area contributed by atoms with Crippen molar-refractivity contribution in [3.63, 3.8) is 0 Å². The monoisotopic (exact) mass is 387 g/mol. The first-order valence-electron chi connectivity index (χ1n) is 11.3. The maximum Gasteiger partial charge on any atom is 0.320 e. The normalized spacial score (nSPS) is 23.4. The van der Waals surface area contributed by atoms with Crippen LogP contribution < -0.4 is 5.32 Å². The lowest BCUT2D eigenvalue weighted by atomic mass is 9.77. The molecular formula is C24H37NO3. The number of nitrogens with one attached hydrogen (secondary N) is 1. The van der Waals surface area contributed by atoms with E-state index >= 15 is 0 Å². The van der Waals surface area contributed by atoms with Crippen LogP contribution in [0, 0.1) is 11.8 Å². The highest BCUT2D eigenvalue weighted by Gasteiger charge is 2.24. The molecule has 0 amide bonds. The third-order valence-corrected chi connectivity index (χ3v) is 6.33. The van der Waals surface area contributed by atoms with Gasteiger partial charge in [0, 0.05) is 6.54 Å². The first-order valence-corrected chi connectivity index (χ1v) is 11.3. The molecule has 0 aromatic heterocycles. The lowest BCUT2D eigenvalue weighted by molar-refractivity contribution is -0.143. The van der Waals surface area contributed by atoms with Crippen molar-refractivity contribution in [3.8, 4) is 0 Å². The molecule has 2 fully saturated rings. The molecule has 4 heteroatoms. The molecule has 2 saturated carbocycles. The Morgan fingerprint density at radius 1 is 0.929 bits per heavy atom. The van der Waals surface area contributed by atoms with E-state index in [1.54, 1.807) is 0 Å². The van der Waals surface area contributed by atoms with Gasteiger partial charge in [-0.1, -0.05) is 62.4 Å². The van der Waals surface area contributed by atoms with Crippen molar-refractivity contribution < 1.29 is 14.3 Å². The Bertz CT molecular complexity index is 548. The van der Waals surface area contributed by atoms with Gasteiger partial charge in [0.1, 0.15) is 6.61 Å². The second kappa shape index (κ2) is 12.2. The summed E-state index contributed by atoms with van der Waals surface area (Å²) in [6.45, 7) is 1.94. The molecule has 0 unspecified atom stereocenters. The van der Waals surface area contributed by atoms with Crippen molar-refractivity contribution in [3.05, 3.63) is 35.9 Å². The minimum atomic E-state index is -0.216. The Morgan fingerprint density at radius 2 is 1.64 bits per heavy atom. The van der Waals surface area contributed by atoms with Crippen molar-refractivity contribution in [2.45, 2.75) is 76.9 Å². The molecule has 4 nitrogen and oxygen atoms in total. The number of rotatable bonds is 10.